The van der Waals surface area contributed by atoms with Crippen LogP contribution in [0.4, 0.5) is 5.69 Å². The summed E-state index contributed by atoms with van der Waals surface area (Å²) in [6.45, 7) is 5.99. The second-order valence-electron chi connectivity index (χ2n) is 8.40. The molecule has 0 saturated carbocycles. The van der Waals surface area contributed by atoms with Crippen LogP contribution in [-0.2, 0) is 37.3 Å². The number of carbonyl (C=O) groups excluding carboxylic acids is 1. The van der Waals surface area contributed by atoms with E-state index < -0.39 is 0 Å². The molecule has 172 valence electrons. The number of rotatable bonds is 7. The Labute approximate surface area is 194 Å². The monoisotopic (exact) mass is 446 g/mol. The molecule has 0 unspecified atom stereocenters. The minimum absolute atomic E-state index is 0.0852. The molecule has 2 heterocycles. The van der Waals surface area contributed by atoms with Gasteiger partial charge in [0.1, 0.15) is 18.1 Å². The van der Waals surface area contributed by atoms with E-state index in [2.05, 4.69) is 22.3 Å². The fraction of sp³-hybridized carbons (Fsp3) is 0.346. The highest BCUT2D eigenvalue weighted by molar-refractivity contribution is 5.92. The molecule has 7 nitrogen and oxygen atoms in total. The van der Waals surface area contributed by atoms with Gasteiger partial charge in [-0.1, -0.05) is 43.3 Å². The van der Waals surface area contributed by atoms with Crippen LogP contribution < -0.4 is 15.6 Å². The van der Waals surface area contributed by atoms with Gasteiger partial charge >= 0.3 is 0 Å². The largest absolute Gasteiger partial charge is 0.495 e. The molecule has 1 N–H and O–H groups in total. The zero-order valence-corrected chi connectivity index (χ0v) is 19.4. The normalized spacial score (nSPS) is 13.4. The zero-order chi connectivity index (χ0) is 23.4. The lowest BCUT2D eigenvalue weighted by Gasteiger charge is -2.28. The van der Waals surface area contributed by atoms with Gasteiger partial charge in [0.05, 0.1) is 24.1 Å². The van der Waals surface area contributed by atoms with Crippen LogP contribution in [0.25, 0.3) is 0 Å². The van der Waals surface area contributed by atoms with E-state index in [-0.39, 0.29) is 18.0 Å². The molecule has 0 bridgehead atoms. The van der Waals surface area contributed by atoms with Crippen molar-refractivity contribution in [3.05, 3.63) is 87.1 Å². The molecule has 1 aliphatic heterocycles. The van der Waals surface area contributed by atoms with Crippen LogP contribution in [0.2, 0.25) is 0 Å². The third kappa shape index (κ3) is 5.14. The van der Waals surface area contributed by atoms with Gasteiger partial charge in [0.25, 0.3) is 5.56 Å². The number of nitrogens with zero attached hydrogens (tertiary/aromatic N) is 3. The average Bonchev–Trinajstić information content (AvgIpc) is 2.82. The fourth-order valence-corrected chi connectivity index (χ4v) is 4.28. The van der Waals surface area contributed by atoms with Gasteiger partial charge in [-0.2, -0.15) is 0 Å². The number of nitrogens with one attached hydrogen (secondary N) is 1. The molecule has 3 aromatic rings. The van der Waals surface area contributed by atoms with Crippen molar-refractivity contribution in [3.63, 3.8) is 0 Å². The van der Waals surface area contributed by atoms with Gasteiger partial charge in [-0.25, -0.2) is 4.98 Å². The van der Waals surface area contributed by atoms with Crippen LogP contribution in [0, 0.1) is 6.92 Å². The Kier molecular flexibility index (Phi) is 6.89. The smallest absolute Gasteiger partial charge is 0.258 e. The summed E-state index contributed by atoms with van der Waals surface area (Å²) < 4.78 is 6.87. The Balaban J connectivity index is 1.56. The Bertz CT molecular complexity index is 1200. The number of ether oxygens (including phenoxy) is 1. The lowest BCUT2D eigenvalue weighted by atomic mass is 10.1. The molecule has 1 aromatic heterocycles. The lowest BCUT2D eigenvalue weighted by Crippen LogP contribution is -2.40. The Morgan fingerprint density at radius 3 is 2.70 bits per heavy atom. The topological polar surface area (TPSA) is 76.5 Å². The summed E-state index contributed by atoms with van der Waals surface area (Å²) in [7, 11) is 1.56. The summed E-state index contributed by atoms with van der Waals surface area (Å²) in [5.41, 5.74) is 4.24. The minimum atomic E-state index is -0.283. The van der Waals surface area contributed by atoms with Crippen molar-refractivity contribution in [1.29, 1.82) is 0 Å². The van der Waals surface area contributed by atoms with Crippen molar-refractivity contribution < 1.29 is 9.53 Å². The molecule has 1 amide bonds. The van der Waals surface area contributed by atoms with Crippen molar-refractivity contribution in [2.75, 3.05) is 19.0 Å². The van der Waals surface area contributed by atoms with Crippen LogP contribution in [0.5, 0.6) is 5.75 Å². The van der Waals surface area contributed by atoms with E-state index in [9.17, 15) is 9.59 Å². The summed E-state index contributed by atoms with van der Waals surface area (Å²) in [5, 5.41) is 2.89. The number of hydrogen-bond donors (Lipinski definition) is 1. The second kappa shape index (κ2) is 10.0. The molecular weight excluding hydrogens is 416 g/mol. The number of aryl methyl sites for hydroxylation is 2. The third-order valence-corrected chi connectivity index (χ3v) is 5.97. The standard InChI is InChI=1S/C26H30N4O3/c1-4-24-27-21-12-13-29(15-19-8-6-5-7-9-19)16-20(21)26(32)30(24)17-25(31)28-22-14-18(2)10-11-23(22)33-3/h5-11,14H,4,12-13,15-17H2,1-3H3,(H,28,31). The average molecular weight is 447 g/mol. The number of methoxy groups -OCH3 is 1. The van der Waals surface area contributed by atoms with Crippen molar-refractivity contribution in [2.24, 2.45) is 0 Å². The first-order chi connectivity index (χ1) is 16.0. The minimum Gasteiger partial charge on any atom is -0.495 e. The summed E-state index contributed by atoms with van der Waals surface area (Å²) in [4.78, 5) is 33.4. The molecule has 0 aliphatic carbocycles. The van der Waals surface area contributed by atoms with Crippen molar-refractivity contribution in [1.82, 2.24) is 14.5 Å². The Hall–Kier alpha value is -3.45. The SMILES string of the molecule is CCc1nc2c(c(=O)n1CC(=O)Nc1cc(C)ccc1OC)CN(Cc1ccccc1)CC2. The first-order valence-corrected chi connectivity index (χ1v) is 11.3. The maximum atomic E-state index is 13.4. The quantitative estimate of drug-likeness (QED) is 0.603. The molecule has 0 atom stereocenters. The van der Waals surface area contributed by atoms with Gasteiger partial charge in [-0.15, -0.1) is 0 Å². The summed E-state index contributed by atoms with van der Waals surface area (Å²) in [6.07, 6.45) is 1.31. The van der Waals surface area contributed by atoms with Crippen LogP contribution in [0.15, 0.2) is 53.3 Å². The third-order valence-electron chi connectivity index (χ3n) is 5.97. The molecule has 0 spiro atoms. The molecule has 0 fully saturated rings. The Morgan fingerprint density at radius 2 is 1.97 bits per heavy atom. The Morgan fingerprint density at radius 1 is 1.18 bits per heavy atom. The number of fused-ring (bicyclic) bond motifs is 1. The van der Waals surface area contributed by atoms with Gasteiger partial charge in [0, 0.05) is 32.5 Å². The molecule has 0 radical (unpaired) electrons. The molecule has 1 aliphatic rings. The molecule has 0 saturated heterocycles. The van der Waals surface area contributed by atoms with E-state index >= 15 is 0 Å². The first-order valence-electron chi connectivity index (χ1n) is 11.3. The number of benzene rings is 2. The van der Waals surface area contributed by atoms with Crippen LogP contribution in [0.1, 0.15) is 35.1 Å². The van der Waals surface area contributed by atoms with E-state index in [1.165, 1.54) is 10.1 Å². The highest BCUT2D eigenvalue weighted by atomic mass is 16.5. The summed E-state index contributed by atoms with van der Waals surface area (Å²) >= 11 is 0. The second-order valence-corrected chi connectivity index (χ2v) is 8.40. The fourth-order valence-electron chi connectivity index (χ4n) is 4.28. The van der Waals surface area contributed by atoms with Crippen LogP contribution >= 0.6 is 0 Å². The molecule has 2 aromatic carbocycles. The van der Waals surface area contributed by atoms with Gasteiger partial charge < -0.3 is 10.1 Å². The number of hydrogen-bond acceptors (Lipinski definition) is 5. The predicted octanol–water partition coefficient (Wildman–Crippen LogP) is 3.32. The van der Waals surface area contributed by atoms with E-state index in [4.69, 9.17) is 9.72 Å². The van der Waals surface area contributed by atoms with Gasteiger partial charge in [-0.3, -0.25) is 19.1 Å². The summed E-state index contributed by atoms with van der Waals surface area (Å²) in [6, 6.07) is 15.8. The molecule has 4 rings (SSSR count). The van der Waals surface area contributed by atoms with Crippen molar-refractivity contribution in [2.45, 2.75) is 46.3 Å². The maximum absolute atomic E-state index is 13.4. The van der Waals surface area contributed by atoms with E-state index in [1.807, 2.05) is 50.2 Å². The van der Waals surface area contributed by atoms with Crippen molar-refractivity contribution in [3.8, 4) is 5.75 Å². The molecule has 33 heavy (non-hydrogen) atoms. The number of anilines is 1. The number of amides is 1. The molecular formula is C26H30N4O3. The van der Waals surface area contributed by atoms with E-state index in [0.29, 0.717) is 35.8 Å². The highest BCUT2D eigenvalue weighted by Gasteiger charge is 2.24. The van der Waals surface area contributed by atoms with E-state index in [1.54, 1.807) is 7.11 Å². The predicted molar refractivity (Wildman–Crippen MR) is 128 cm³/mol. The number of aromatic nitrogens is 2. The zero-order valence-electron chi connectivity index (χ0n) is 19.4. The highest BCUT2D eigenvalue weighted by Crippen LogP contribution is 2.25. The van der Waals surface area contributed by atoms with Crippen LogP contribution in [0.3, 0.4) is 0 Å². The van der Waals surface area contributed by atoms with E-state index in [0.717, 1.165) is 30.8 Å². The van der Waals surface area contributed by atoms with Gasteiger partial charge in [-0.05, 0) is 30.2 Å². The lowest BCUT2D eigenvalue weighted by molar-refractivity contribution is -0.116. The van der Waals surface area contributed by atoms with Gasteiger partial charge in [0.2, 0.25) is 5.91 Å². The van der Waals surface area contributed by atoms with Crippen LogP contribution in [-0.4, -0.2) is 34.0 Å². The van der Waals surface area contributed by atoms with Gasteiger partial charge in [0.15, 0.2) is 0 Å². The summed E-state index contributed by atoms with van der Waals surface area (Å²) in [5.74, 6) is 0.938. The number of carbonyl (C=O) groups is 1. The maximum Gasteiger partial charge on any atom is 0.258 e. The molecule has 7 heteroatoms. The van der Waals surface area contributed by atoms with Crippen molar-refractivity contribution >= 4 is 11.6 Å². The first kappa shape index (κ1) is 22.7.